The van der Waals surface area contributed by atoms with Crippen molar-refractivity contribution >= 4 is 38.0 Å². The molecule has 0 fully saturated rings. The highest BCUT2D eigenvalue weighted by Crippen LogP contribution is 2.10. The van der Waals surface area contributed by atoms with Crippen LogP contribution in [0.4, 0.5) is 0 Å². The Hall–Kier alpha value is -0.0331. The van der Waals surface area contributed by atoms with Crippen molar-refractivity contribution in [1.29, 1.82) is 0 Å². The van der Waals surface area contributed by atoms with E-state index in [9.17, 15) is 0 Å². The maximum absolute atomic E-state index is 5.16. The Morgan fingerprint density at radius 1 is 1.50 bits per heavy atom. The van der Waals surface area contributed by atoms with Crippen molar-refractivity contribution < 1.29 is 4.74 Å². The third-order valence-electron chi connectivity index (χ3n) is 1.37. The van der Waals surface area contributed by atoms with E-state index in [0.29, 0.717) is 0 Å². The lowest BCUT2D eigenvalue weighted by Gasteiger charge is -2.03. The Balaban J connectivity index is 3.09. The first-order valence-electron chi connectivity index (χ1n) is 3.04. The number of hydrogen-bond donors (Lipinski definition) is 0. The minimum Gasteiger partial charge on any atom is -0.497 e. The molecule has 1 aromatic rings. The summed E-state index contributed by atoms with van der Waals surface area (Å²) in [5, 5.41) is 1.32. The number of methoxy groups -OCH3 is 1. The van der Waals surface area contributed by atoms with Gasteiger partial charge in [0.05, 0.1) is 7.11 Å². The predicted octanol–water partition coefficient (Wildman–Crippen LogP) is 0.290. The first-order valence-corrected chi connectivity index (χ1v) is 5.12. The molecule has 0 bridgehead atoms. The molecule has 0 radical (unpaired) electrons. The minimum atomic E-state index is 1.03. The van der Waals surface area contributed by atoms with Crippen LogP contribution in [-0.2, 0) is 0 Å². The quantitative estimate of drug-likeness (QED) is 0.523. The van der Waals surface area contributed by atoms with Crippen molar-refractivity contribution in [3.63, 3.8) is 0 Å². The van der Waals surface area contributed by atoms with Gasteiger partial charge in [0.25, 0.3) is 0 Å². The van der Waals surface area contributed by atoms with Crippen LogP contribution >= 0.6 is 22.6 Å². The van der Waals surface area contributed by atoms with Crippen LogP contribution in [0.15, 0.2) is 18.2 Å². The van der Waals surface area contributed by atoms with Gasteiger partial charge >= 0.3 is 0 Å². The normalized spacial score (nSPS) is 9.80. The van der Waals surface area contributed by atoms with Gasteiger partial charge in [-0.25, -0.2) is 0 Å². The van der Waals surface area contributed by atoms with Crippen LogP contribution in [0, 0.1) is 3.57 Å². The molecule has 0 saturated heterocycles. The average Bonchev–Trinajstić information content (AvgIpc) is 1.94. The summed E-state index contributed by atoms with van der Waals surface area (Å²) in [4.78, 5) is 0. The molecular weight excluding hydrogens is 255 g/mol. The molecule has 10 heavy (non-hydrogen) atoms. The van der Waals surface area contributed by atoms with Gasteiger partial charge in [0.1, 0.15) is 5.75 Å². The highest BCUT2D eigenvalue weighted by Gasteiger charge is 1.95. The highest BCUT2D eigenvalue weighted by molar-refractivity contribution is 14.1. The van der Waals surface area contributed by atoms with E-state index in [1.807, 2.05) is 0 Å². The molecular formula is C7H9IOSi. The smallest absolute Gasteiger partial charge is 0.118 e. The number of ether oxygens (including phenoxy) is 1. The summed E-state index contributed by atoms with van der Waals surface area (Å²) in [7, 11) is 2.77. The Morgan fingerprint density at radius 2 is 2.20 bits per heavy atom. The number of halogens is 1. The maximum atomic E-state index is 5.16. The van der Waals surface area contributed by atoms with Crippen LogP contribution < -0.4 is 9.92 Å². The van der Waals surface area contributed by atoms with E-state index < -0.39 is 0 Å². The van der Waals surface area contributed by atoms with Crippen molar-refractivity contribution in [2.75, 3.05) is 7.11 Å². The lowest BCUT2D eigenvalue weighted by molar-refractivity contribution is 0.418. The zero-order valence-electron chi connectivity index (χ0n) is 6.02. The summed E-state index contributed by atoms with van der Waals surface area (Å²) in [6, 6.07) is 6.28. The second-order valence-corrected chi connectivity index (χ2v) is 4.44. The second-order valence-electron chi connectivity index (χ2n) is 2.11. The minimum absolute atomic E-state index is 1.03. The van der Waals surface area contributed by atoms with Gasteiger partial charge < -0.3 is 4.74 Å². The second kappa shape index (κ2) is 3.38. The number of rotatable bonds is 1. The van der Waals surface area contributed by atoms with Gasteiger partial charge in [0.15, 0.2) is 0 Å². The predicted molar refractivity (Wildman–Crippen MR) is 55.3 cm³/mol. The molecule has 0 N–H and O–H groups in total. The summed E-state index contributed by atoms with van der Waals surface area (Å²) in [5.41, 5.74) is 0. The molecule has 0 aromatic heterocycles. The van der Waals surface area contributed by atoms with Crippen LogP contribution in [0.2, 0.25) is 0 Å². The SMILES string of the molecule is COc1cc(I)ccc1[SiH3]. The Labute approximate surface area is 77.3 Å². The third-order valence-corrected chi connectivity index (χ3v) is 2.87. The van der Waals surface area contributed by atoms with E-state index in [-0.39, 0.29) is 0 Å². The van der Waals surface area contributed by atoms with Crippen molar-refractivity contribution in [3.8, 4) is 5.75 Å². The van der Waals surface area contributed by atoms with Gasteiger partial charge in [-0.05, 0) is 39.9 Å². The molecule has 0 aliphatic rings. The van der Waals surface area contributed by atoms with Crippen molar-refractivity contribution in [2.45, 2.75) is 0 Å². The molecule has 0 saturated carbocycles. The van der Waals surface area contributed by atoms with Crippen molar-refractivity contribution in [3.05, 3.63) is 21.8 Å². The zero-order chi connectivity index (χ0) is 7.56. The van der Waals surface area contributed by atoms with E-state index >= 15 is 0 Å². The van der Waals surface area contributed by atoms with E-state index in [0.717, 1.165) is 16.0 Å². The Bertz CT molecular complexity index is 237. The van der Waals surface area contributed by atoms with E-state index in [1.165, 1.54) is 8.76 Å². The highest BCUT2D eigenvalue weighted by atomic mass is 127. The molecule has 0 atom stereocenters. The van der Waals surface area contributed by atoms with Crippen molar-refractivity contribution in [1.82, 2.24) is 0 Å². The fourth-order valence-corrected chi connectivity index (χ4v) is 1.77. The molecule has 3 heteroatoms. The van der Waals surface area contributed by atoms with Gasteiger partial charge in [-0.3, -0.25) is 0 Å². The Kier molecular flexibility index (Phi) is 2.73. The first kappa shape index (κ1) is 8.07. The van der Waals surface area contributed by atoms with Gasteiger partial charge in [-0.1, -0.05) is 6.07 Å². The molecule has 1 nitrogen and oxygen atoms in total. The molecule has 0 unspecified atom stereocenters. The van der Waals surface area contributed by atoms with Crippen LogP contribution in [0.3, 0.4) is 0 Å². The van der Waals surface area contributed by atoms with E-state index in [2.05, 4.69) is 40.8 Å². The maximum Gasteiger partial charge on any atom is 0.118 e. The van der Waals surface area contributed by atoms with E-state index in [1.54, 1.807) is 7.11 Å². The average molecular weight is 264 g/mol. The topological polar surface area (TPSA) is 9.23 Å². The zero-order valence-corrected chi connectivity index (χ0v) is 10.2. The molecule has 0 spiro atoms. The molecule has 1 rings (SSSR count). The van der Waals surface area contributed by atoms with Gasteiger partial charge in [0.2, 0.25) is 0 Å². The fourth-order valence-electron chi connectivity index (χ4n) is 0.794. The standard InChI is InChI=1S/C7H9IOSi/c1-9-6-4-5(8)2-3-7(6)10/h2-4H,1,10H3. The summed E-state index contributed by atoms with van der Waals surface area (Å²) in [6.45, 7) is 0. The van der Waals surface area contributed by atoms with Crippen LogP contribution in [0.25, 0.3) is 0 Å². The summed E-state index contributed by atoms with van der Waals surface area (Å²) >= 11 is 2.28. The lowest BCUT2D eigenvalue weighted by Crippen LogP contribution is -2.06. The van der Waals surface area contributed by atoms with Crippen molar-refractivity contribution in [2.24, 2.45) is 0 Å². The van der Waals surface area contributed by atoms with Crippen LogP contribution in [0.5, 0.6) is 5.75 Å². The summed E-state index contributed by atoms with van der Waals surface area (Å²) in [5.74, 6) is 1.03. The van der Waals surface area contributed by atoms with Gasteiger partial charge in [-0.2, -0.15) is 0 Å². The first-order chi connectivity index (χ1) is 4.74. The molecule has 0 amide bonds. The third kappa shape index (κ3) is 1.73. The monoisotopic (exact) mass is 264 g/mol. The van der Waals surface area contributed by atoms with Crippen LogP contribution in [-0.4, -0.2) is 17.4 Å². The van der Waals surface area contributed by atoms with Gasteiger partial charge in [0, 0.05) is 13.8 Å². The molecule has 54 valence electrons. The van der Waals surface area contributed by atoms with Gasteiger partial charge in [-0.15, -0.1) is 0 Å². The molecule has 1 aromatic carbocycles. The lowest BCUT2D eigenvalue weighted by atomic mass is 10.3. The number of hydrogen-bond acceptors (Lipinski definition) is 1. The summed E-state index contributed by atoms with van der Waals surface area (Å²) in [6.07, 6.45) is 0. The van der Waals surface area contributed by atoms with Crippen LogP contribution in [0.1, 0.15) is 0 Å². The molecule has 0 aliphatic heterocycles. The molecule has 0 heterocycles. The Morgan fingerprint density at radius 3 is 2.70 bits per heavy atom. The van der Waals surface area contributed by atoms with E-state index in [4.69, 9.17) is 4.74 Å². The number of benzene rings is 1. The summed E-state index contributed by atoms with van der Waals surface area (Å²) < 4.78 is 6.39. The largest absolute Gasteiger partial charge is 0.497 e. The molecule has 0 aliphatic carbocycles. The fraction of sp³-hybridized carbons (Fsp3) is 0.143.